The summed E-state index contributed by atoms with van der Waals surface area (Å²) in [7, 11) is 0. The van der Waals surface area contributed by atoms with Crippen LogP contribution in [0.2, 0.25) is 5.02 Å². The molecule has 4 nitrogen and oxygen atoms in total. The van der Waals surface area contributed by atoms with E-state index in [1.54, 1.807) is 0 Å². The van der Waals surface area contributed by atoms with Crippen molar-refractivity contribution < 1.29 is 9.53 Å². The number of hydrogen-bond donors (Lipinski definition) is 1. The minimum Gasteiger partial charge on any atom is -0.444 e. The van der Waals surface area contributed by atoms with Crippen molar-refractivity contribution in [1.29, 1.82) is 0 Å². The van der Waals surface area contributed by atoms with E-state index in [1.807, 2.05) is 49.9 Å². The van der Waals surface area contributed by atoms with Gasteiger partial charge in [0.2, 0.25) is 0 Å². The van der Waals surface area contributed by atoms with Crippen LogP contribution in [0.4, 0.5) is 10.5 Å². The van der Waals surface area contributed by atoms with Crippen molar-refractivity contribution in [3.63, 3.8) is 0 Å². The highest BCUT2D eigenvalue weighted by molar-refractivity contribution is 6.30. The number of nitrogens with one attached hydrogen (secondary N) is 1. The molecule has 23 heavy (non-hydrogen) atoms. The lowest BCUT2D eigenvalue weighted by molar-refractivity contribution is 0.0280. The fourth-order valence-electron chi connectivity index (χ4n) is 3.71. The van der Waals surface area contributed by atoms with Crippen LogP contribution in [0.3, 0.4) is 0 Å². The van der Waals surface area contributed by atoms with Gasteiger partial charge in [-0.2, -0.15) is 0 Å². The van der Waals surface area contributed by atoms with E-state index in [0.717, 1.165) is 36.6 Å². The Hall–Kier alpha value is -1.42. The predicted octanol–water partition coefficient (Wildman–Crippen LogP) is 4.40. The minimum atomic E-state index is -0.437. The van der Waals surface area contributed by atoms with Gasteiger partial charge in [-0.25, -0.2) is 4.79 Å². The molecule has 2 fully saturated rings. The van der Waals surface area contributed by atoms with E-state index >= 15 is 0 Å². The lowest BCUT2D eigenvalue weighted by atomic mass is 9.97. The maximum absolute atomic E-state index is 12.3. The molecule has 0 radical (unpaired) electrons. The molecule has 0 spiro atoms. The zero-order valence-electron chi connectivity index (χ0n) is 14.0. The van der Waals surface area contributed by atoms with E-state index in [2.05, 4.69) is 5.32 Å². The standard InChI is InChI=1S/C18H25ClN2O2/c1-18(2,3)23-17(22)21-10-12-7-8-16(15(12)11-21)20-14-6-4-5-13(19)9-14/h4-6,9,12,15-16,20H,7-8,10-11H2,1-3H3/t12-,15-,16-/m0/s1. The van der Waals surface area contributed by atoms with Crippen molar-refractivity contribution in [3.8, 4) is 0 Å². The second-order valence-electron chi connectivity index (χ2n) is 7.65. The number of halogens is 1. The first-order valence-electron chi connectivity index (χ1n) is 8.32. The van der Waals surface area contributed by atoms with E-state index in [4.69, 9.17) is 16.3 Å². The Morgan fingerprint density at radius 2 is 2.09 bits per heavy atom. The summed E-state index contributed by atoms with van der Waals surface area (Å²) < 4.78 is 5.51. The molecule has 3 atom stereocenters. The molecular formula is C18H25ClN2O2. The van der Waals surface area contributed by atoms with Crippen LogP contribution >= 0.6 is 11.6 Å². The topological polar surface area (TPSA) is 41.6 Å². The van der Waals surface area contributed by atoms with Crippen LogP contribution in [0.15, 0.2) is 24.3 Å². The molecule has 2 aliphatic rings. The Morgan fingerprint density at radius 3 is 2.78 bits per heavy atom. The van der Waals surface area contributed by atoms with E-state index < -0.39 is 5.60 Å². The molecule has 0 bridgehead atoms. The Bertz CT molecular complexity index is 585. The summed E-state index contributed by atoms with van der Waals surface area (Å²) >= 11 is 6.06. The van der Waals surface area contributed by atoms with Crippen LogP contribution in [-0.2, 0) is 4.74 Å². The minimum absolute atomic E-state index is 0.187. The number of fused-ring (bicyclic) bond motifs is 1. The van der Waals surface area contributed by atoms with Gasteiger partial charge in [0.1, 0.15) is 5.60 Å². The number of carbonyl (C=O) groups is 1. The predicted molar refractivity (Wildman–Crippen MR) is 92.9 cm³/mol. The SMILES string of the molecule is CC(C)(C)OC(=O)N1C[C@@H]2CC[C@H](Nc3cccc(Cl)c3)[C@H]2C1. The molecule has 126 valence electrons. The maximum atomic E-state index is 12.3. The first-order valence-corrected chi connectivity index (χ1v) is 8.70. The highest BCUT2D eigenvalue weighted by Gasteiger charge is 2.44. The Balaban J connectivity index is 1.61. The molecule has 1 heterocycles. The molecular weight excluding hydrogens is 312 g/mol. The number of benzene rings is 1. The fraction of sp³-hybridized carbons (Fsp3) is 0.611. The van der Waals surface area contributed by atoms with Gasteiger partial charge in [0.15, 0.2) is 0 Å². The van der Waals surface area contributed by atoms with E-state index in [1.165, 1.54) is 0 Å². The second kappa shape index (κ2) is 6.23. The average molecular weight is 337 g/mol. The molecule has 5 heteroatoms. The summed E-state index contributed by atoms with van der Waals surface area (Å²) in [6, 6.07) is 8.23. The fourth-order valence-corrected chi connectivity index (χ4v) is 3.90. The molecule has 1 saturated heterocycles. The number of rotatable bonds is 2. The van der Waals surface area contributed by atoms with Gasteiger partial charge in [0.05, 0.1) is 0 Å². The van der Waals surface area contributed by atoms with Gasteiger partial charge in [-0.05, 0) is 57.7 Å². The molecule has 1 aromatic carbocycles. The molecule has 1 saturated carbocycles. The van der Waals surface area contributed by atoms with Gasteiger partial charge < -0.3 is 15.0 Å². The van der Waals surface area contributed by atoms with Crippen molar-refractivity contribution in [2.24, 2.45) is 11.8 Å². The lowest BCUT2D eigenvalue weighted by Crippen LogP contribution is -2.37. The van der Waals surface area contributed by atoms with Crippen LogP contribution in [0, 0.1) is 11.8 Å². The third kappa shape index (κ3) is 3.92. The quantitative estimate of drug-likeness (QED) is 0.870. The smallest absolute Gasteiger partial charge is 0.410 e. The Morgan fingerprint density at radius 1 is 1.30 bits per heavy atom. The highest BCUT2D eigenvalue weighted by atomic mass is 35.5. The summed E-state index contributed by atoms with van der Waals surface area (Å²) in [6.45, 7) is 7.31. The summed E-state index contributed by atoms with van der Waals surface area (Å²) in [5.74, 6) is 1.06. The Labute approximate surface area is 143 Å². The molecule has 1 aliphatic heterocycles. The lowest BCUT2D eigenvalue weighted by Gasteiger charge is -2.26. The number of carbonyl (C=O) groups excluding carboxylic acids is 1. The van der Waals surface area contributed by atoms with Crippen molar-refractivity contribution >= 4 is 23.4 Å². The van der Waals surface area contributed by atoms with Crippen molar-refractivity contribution in [2.75, 3.05) is 18.4 Å². The summed E-state index contributed by atoms with van der Waals surface area (Å²) in [4.78, 5) is 14.1. The normalized spacial score (nSPS) is 27.0. The van der Waals surface area contributed by atoms with Crippen LogP contribution in [0.25, 0.3) is 0 Å². The first kappa shape index (κ1) is 16.4. The van der Waals surface area contributed by atoms with Crippen LogP contribution in [0.1, 0.15) is 33.6 Å². The van der Waals surface area contributed by atoms with Gasteiger partial charge in [0, 0.05) is 35.8 Å². The first-order chi connectivity index (χ1) is 10.8. The number of ether oxygens (including phenoxy) is 1. The second-order valence-corrected chi connectivity index (χ2v) is 8.08. The van der Waals surface area contributed by atoms with Gasteiger partial charge in [-0.3, -0.25) is 0 Å². The molecule has 0 unspecified atom stereocenters. The number of amides is 1. The molecule has 1 aromatic rings. The van der Waals surface area contributed by atoms with E-state index in [9.17, 15) is 4.79 Å². The third-order valence-corrected chi connectivity index (χ3v) is 4.92. The number of anilines is 1. The molecule has 0 aromatic heterocycles. The maximum Gasteiger partial charge on any atom is 0.410 e. The van der Waals surface area contributed by atoms with Crippen LogP contribution in [-0.4, -0.2) is 35.7 Å². The average Bonchev–Trinajstić information content (AvgIpc) is 2.99. The monoisotopic (exact) mass is 336 g/mol. The summed E-state index contributed by atoms with van der Waals surface area (Å²) in [6.07, 6.45) is 2.11. The van der Waals surface area contributed by atoms with Gasteiger partial charge in [0.25, 0.3) is 0 Å². The van der Waals surface area contributed by atoms with Crippen molar-refractivity contribution in [3.05, 3.63) is 29.3 Å². The Kier molecular flexibility index (Phi) is 4.45. The largest absolute Gasteiger partial charge is 0.444 e. The van der Waals surface area contributed by atoms with Crippen LogP contribution < -0.4 is 5.32 Å². The molecule has 1 N–H and O–H groups in total. The van der Waals surface area contributed by atoms with E-state index in [0.29, 0.717) is 17.9 Å². The number of hydrogen-bond acceptors (Lipinski definition) is 3. The summed E-state index contributed by atoms with van der Waals surface area (Å²) in [5, 5.41) is 4.34. The van der Waals surface area contributed by atoms with Gasteiger partial charge in [-0.1, -0.05) is 17.7 Å². The van der Waals surface area contributed by atoms with Gasteiger partial charge >= 0.3 is 6.09 Å². The summed E-state index contributed by atoms with van der Waals surface area (Å²) in [5.41, 5.74) is 0.617. The number of likely N-dealkylation sites (tertiary alicyclic amines) is 1. The third-order valence-electron chi connectivity index (χ3n) is 4.69. The number of nitrogens with zero attached hydrogens (tertiary/aromatic N) is 1. The zero-order valence-corrected chi connectivity index (χ0v) is 14.8. The zero-order chi connectivity index (χ0) is 16.6. The van der Waals surface area contributed by atoms with Gasteiger partial charge in [-0.15, -0.1) is 0 Å². The molecule has 3 rings (SSSR count). The van der Waals surface area contributed by atoms with Crippen molar-refractivity contribution in [1.82, 2.24) is 4.90 Å². The highest BCUT2D eigenvalue weighted by Crippen LogP contribution is 2.40. The molecule has 1 amide bonds. The van der Waals surface area contributed by atoms with E-state index in [-0.39, 0.29) is 6.09 Å². The van der Waals surface area contributed by atoms with Crippen LogP contribution in [0.5, 0.6) is 0 Å². The van der Waals surface area contributed by atoms with Crippen molar-refractivity contribution in [2.45, 2.75) is 45.3 Å². The molecule has 1 aliphatic carbocycles.